The number of anilines is 2. The van der Waals surface area contributed by atoms with Crippen molar-refractivity contribution in [2.75, 3.05) is 10.6 Å². The van der Waals surface area contributed by atoms with Gasteiger partial charge < -0.3 is 15.0 Å². The van der Waals surface area contributed by atoms with E-state index in [1.54, 1.807) is 12.1 Å². The Balaban J connectivity index is 1.49. The van der Waals surface area contributed by atoms with Gasteiger partial charge >= 0.3 is 6.03 Å². The molecule has 0 spiro atoms. The zero-order valence-corrected chi connectivity index (χ0v) is 14.9. The van der Waals surface area contributed by atoms with Gasteiger partial charge in [0.15, 0.2) is 0 Å². The smallest absolute Gasteiger partial charge is 0.308 e. The molecule has 5 nitrogen and oxygen atoms in total. The van der Waals surface area contributed by atoms with Crippen molar-refractivity contribution in [3.05, 3.63) is 84.2 Å². The normalized spacial score (nSPS) is 10.8. The Morgan fingerprint density at radius 2 is 1.82 bits per heavy atom. The van der Waals surface area contributed by atoms with E-state index in [1.165, 1.54) is 0 Å². The lowest BCUT2D eigenvalue weighted by molar-refractivity contribution is 0.262. The van der Waals surface area contributed by atoms with Crippen molar-refractivity contribution in [2.24, 2.45) is 0 Å². The molecule has 4 aromatic rings. The monoisotopic (exact) mass is 378 g/mol. The second-order valence-electron chi connectivity index (χ2n) is 6.33. The number of hydrogen-bond acceptors (Lipinski definition) is 2. The lowest BCUT2D eigenvalue weighted by atomic mass is 10.1. The first kappa shape index (κ1) is 17.7. The number of imidazole rings is 1. The molecule has 0 bridgehead atoms. The van der Waals surface area contributed by atoms with Crippen LogP contribution in [0.15, 0.2) is 67.0 Å². The molecule has 2 heterocycles. The first-order valence-electron chi connectivity index (χ1n) is 8.57. The molecule has 0 unspecified atom stereocenters. The average Bonchev–Trinajstić information content (AvgIpc) is 3.11. The Hall–Kier alpha value is -3.74. The molecule has 0 atom stereocenters. The first-order chi connectivity index (χ1) is 13.5. The Labute approximate surface area is 159 Å². The van der Waals surface area contributed by atoms with Crippen LogP contribution in [0.3, 0.4) is 0 Å². The fourth-order valence-electron chi connectivity index (χ4n) is 2.90. The first-order valence-corrected chi connectivity index (χ1v) is 8.57. The number of aromatic nitrogens is 2. The van der Waals surface area contributed by atoms with Crippen LogP contribution in [0.4, 0.5) is 25.0 Å². The maximum atomic E-state index is 13.6. The number of urea groups is 1. The highest BCUT2D eigenvalue weighted by Gasteiger charge is 2.10. The summed E-state index contributed by atoms with van der Waals surface area (Å²) in [4.78, 5) is 16.7. The number of halogens is 2. The highest BCUT2D eigenvalue weighted by atomic mass is 19.1. The standard InChI is InChI=1S/C21H16F2N4O/c1-13-3-2-10-27-12-19(25-20(13)27)14-4-7-16(8-5-14)24-21(28)26-18-11-15(22)6-9-17(18)23/h2-12H,1H3,(H2,24,26,28). The number of pyridine rings is 1. The SMILES string of the molecule is Cc1cccn2cc(-c3ccc(NC(=O)Nc4cc(F)ccc4F)cc3)nc12. The third-order valence-electron chi connectivity index (χ3n) is 4.29. The van der Waals surface area contributed by atoms with Gasteiger partial charge in [-0.3, -0.25) is 0 Å². The van der Waals surface area contributed by atoms with Crippen molar-refractivity contribution in [3.8, 4) is 11.3 Å². The summed E-state index contributed by atoms with van der Waals surface area (Å²) in [5, 5.41) is 4.88. The van der Waals surface area contributed by atoms with Gasteiger partial charge in [-0.1, -0.05) is 18.2 Å². The number of carbonyl (C=O) groups is 1. The predicted molar refractivity (Wildman–Crippen MR) is 104 cm³/mol. The van der Waals surface area contributed by atoms with Crippen LogP contribution < -0.4 is 10.6 Å². The number of hydrogen-bond donors (Lipinski definition) is 2. The second kappa shape index (κ2) is 7.11. The number of carbonyl (C=O) groups excluding carboxylic acids is 1. The number of aryl methyl sites for hydroxylation is 1. The molecule has 0 aliphatic carbocycles. The van der Waals surface area contributed by atoms with Crippen LogP contribution in [0.5, 0.6) is 0 Å². The molecule has 0 saturated carbocycles. The number of nitrogens with one attached hydrogen (secondary N) is 2. The van der Waals surface area contributed by atoms with Gasteiger partial charge in [-0.15, -0.1) is 0 Å². The van der Waals surface area contributed by atoms with E-state index < -0.39 is 17.7 Å². The summed E-state index contributed by atoms with van der Waals surface area (Å²) in [5.41, 5.74) is 3.95. The van der Waals surface area contributed by atoms with Crippen LogP contribution in [0.2, 0.25) is 0 Å². The lowest BCUT2D eigenvalue weighted by Crippen LogP contribution is -2.20. The third kappa shape index (κ3) is 3.55. The largest absolute Gasteiger partial charge is 0.323 e. The Bertz CT molecular complexity index is 1170. The van der Waals surface area contributed by atoms with Crippen LogP contribution in [-0.4, -0.2) is 15.4 Å². The molecule has 140 valence electrons. The summed E-state index contributed by atoms with van der Waals surface area (Å²) in [6, 6.07) is 13.2. The maximum Gasteiger partial charge on any atom is 0.323 e. The van der Waals surface area contributed by atoms with Crippen LogP contribution in [0, 0.1) is 18.6 Å². The van der Waals surface area contributed by atoms with Crippen LogP contribution >= 0.6 is 0 Å². The molecule has 2 aromatic carbocycles. The Kier molecular flexibility index (Phi) is 4.49. The van der Waals surface area contributed by atoms with E-state index in [0.717, 1.165) is 40.7 Å². The molecule has 0 fully saturated rings. The molecule has 2 amide bonds. The number of amides is 2. The summed E-state index contributed by atoms with van der Waals surface area (Å²) < 4.78 is 28.7. The second-order valence-corrected chi connectivity index (χ2v) is 6.33. The molecule has 0 aliphatic heterocycles. The van der Waals surface area contributed by atoms with Gasteiger partial charge in [-0.05, 0) is 42.8 Å². The van der Waals surface area contributed by atoms with E-state index in [2.05, 4.69) is 15.6 Å². The molecular weight excluding hydrogens is 362 g/mol. The highest BCUT2D eigenvalue weighted by molar-refractivity contribution is 5.99. The van der Waals surface area contributed by atoms with Gasteiger partial charge in [0.25, 0.3) is 0 Å². The zero-order chi connectivity index (χ0) is 19.7. The van der Waals surface area contributed by atoms with Crippen LogP contribution in [0.25, 0.3) is 16.9 Å². The number of rotatable bonds is 3. The zero-order valence-electron chi connectivity index (χ0n) is 14.9. The van der Waals surface area contributed by atoms with Gasteiger partial charge in [-0.25, -0.2) is 18.6 Å². The van der Waals surface area contributed by atoms with Crippen molar-refractivity contribution in [1.29, 1.82) is 0 Å². The average molecular weight is 378 g/mol. The van der Waals surface area contributed by atoms with Crippen molar-refractivity contribution in [2.45, 2.75) is 6.92 Å². The van der Waals surface area contributed by atoms with Gasteiger partial charge in [0.2, 0.25) is 0 Å². The molecule has 0 aliphatic rings. The molecule has 7 heteroatoms. The minimum Gasteiger partial charge on any atom is -0.308 e. The van der Waals surface area contributed by atoms with Gasteiger partial charge in [0.1, 0.15) is 17.3 Å². The maximum absolute atomic E-state index is 13.6. The topological polar surface area (TPSA) is 58.4 Å². The molecule has 2 N–H and O–H groups in total. The molecule has 0 radical (unpaired) electrons. The predicted octanol–water partition coefficient (Wildman–Crippen LogP) is 5.23. The van der Waals surface area contributed by atoms with E-state index in [4.69, 9.17) is 0 Å². The minimum atomic E-state index is -0.714. The fourth-order valence-corrected chi connectivity index (χ4v) is 2.90. The molecular formula is C21H16F2N4O. The lowest BCUT2D eigenvalue weighted by Gasteiger charge is -2.09. The minimum absolute atomic E-state index is 0.228. The van der Waals surface area contributed by atoms with Gasteiger partial charge in [-0.2, -0.15) is 0 Å². The number of benzene rings is 2. The quantitative estimate of drug-likeness (QED) is 0.513. The summed E-state index contributed by atoms with van der Waals surface area (Å²) in [7, 11) is 0. The molecule has 4 rings (SSSR count). The summed E-state index contributed by atoms with van der Waals surface area (Å²) in [5.74, 6) is -1.35. The van der Waals surface area contributed by atoms with E-state index in [1.807, 2.05) is 48.0 Å². The van der Waals surface area contributed by atoms with Crippen molar-refractivity contribution >= 4 is 23.1 Å². The highest BCUT2D eigenvalue weighted by Crippen LogP contribution is 2.23. The number of nitrogens with zero attached hydrogens (tertiary/aromatic N) is 2. The van der Waals surface area contributed by atoms with Gasteiger partial charge in [0.05, 0.1) is 11.4 Å². The molecule has 28 heavy (non-hydrogen) atoms. The Morgan fingerprint density at radius 1 is 1.04 bits per heavy atom. The van der Waals surface area contributed by atoms with E-state index in [9.17, 15) is 13.6 Å². The summed E-state index contributed by atoms with van der Waals surface area (Å²) in [6.45, 7) is 2.00. The van der Waals surface area contributed by atoms with Crippen LogP contribution in [0.1, 0.15) is 5.56 Å². The van der Waals surface area contributed by atoms with Crippen molar-refractivity contribution in [3.63, 3.8) is 0 Å². The third-order valence-corrected chi connectivity index (χ3v) is 4.29. The molecule has 2 aromatic heterocycles. The summed E-state index contributed by atoms with van der Waals surface area (Å²) >= 11 is 0. The summed E-state index contributed by atoms with van der Waals surface area (Å²) in [6.07, 6.45) is 3.87. The van der Waals surface area contributed by atoms with Gasteiger partial charge in [0, 0.05) is 29.7 Å². The fraction of sp³-hybridized carbons (Fsp3) is 0.0476. The van der Waals surface area contributed by atoms with E-state index >= 15 is 0 Å². The van der Waals surface area contributed by atoms with E-state index in [-0.39, 0.29) is 5.69 Å². The van der Waals surface area contributed by atoms with Crippen molar-refractivity contribution < 1.29 is 13.6 Å². The Morgan fingerprint density at radius 3 is 2.57 bits per heavy atom. The van der Waals surface area contributed by atoms with Crippen molar-refractivity contribution in [1.82, 2.24) is 9.38 Å². The van der Waals surface area contributed by atoms with Crippen LogP contribution in [-0.2, 0) is 0 Å². The number of fused-ring (bicyclic) bond motifs is 1. The van der Waals surface area contributed by atoms with E-state index in [0.29, 0.717) is 5.69 Å². The molecule has 0 saturated heterocycles.